The lowest BCUT2D eigenvalue weighted by Crippen LogP contribution is -2.11. The van der Waals surface area contributed by atoms with E-state index in [1.54, 1.807) is 12.1 Å². The molecular weight excluding hydrogens is 212 g/mol. The molecule has 0 saturated heterocycles. The van der Waals surface area contributed by atoms with Gasteiger partial charge in [0.1, 0.15) is 0 Å². The van der Waals surface area contributed by atoms with Crippen LogP contribution in [0.15, 0.2) is 29.2 Å². The van der Waals surface area contributed by atoms with Crippen molar-refractivity contribution in [2.75, 3.05) is 0 Å². The van der Waals surface area contributed by atoms with Crippen molar-refractivity contribution in [3.63, 3.8) is 0 Å². The number of primary sulfonamides is 1. The third-order valence-electron chi connectivity index (χ3n) is 1.58. The van der Waals surface area contributed by atoms with Gasteiger partial charge in [-0.15, -0.1) is 0 Å². The van der Waals surface area contributed by atoms with Crippen LogP contribution in [0.2, 0.25) is 0 Å². The molecule has 4 nitrogen and oxygen atoms in total. The van der Waals surface area contributed by atoms with Crippen molar-refractivity contribution in [3.8, 4) is 17.9 Å². The van der Waals surface area contributed by atoms with Crippen LogP contribution in [-0.4, -0.2) is 8.42 Å². The predicted molar refractivity (Wildman–Crippen MR) is 54.9 cm³/mol. The van der Waals surface area contributed by atoms with Crippen LogP contribution in [-0.2, 0) is 10.0 Å². The second-order valence-corrected chi connectivity index (χ2v) is 4.27. The van der Waals surface area contributed by atoms with Gasteiger partial charge in [-0.25, -0.2) is 13.6 Å². The summed E-state index contributed by atoms with van der Waals surface area (Å²) in [6, 6.07) is 7.74. The van der Waals surface area contributed by atoms with Gasteiger partial charge >= 0.3 is 0 Å². The van der Waals surface area contributed by atoms with Gasteiger partial charge < -0.3 is 0 Å². The van der Waals surface area contributed by atoms with Gasteiger partial charge in [0.2, 0.25) is 10.0 Å². The summed E-state index contributed by atoms with van der Waals surface area (Å²) < 4.78 is 21.8. The zero-order valence-electron chi connectivity index (χ0n) is 7.77. The Kier molecular flexibility index (Phi) is 3.46. The smallest absolute Gasteiger partial charge is 0.225 e. The molecule has 0 saturated carbocycles. The standard InChI is InChI=1S/C10H8N2O2S/c11-8-2-1-3-9-4-6-10(7-5-9)15(12,13)14/h4-7H,2H2,(H2,12,13,14). The molecular formula is C10H8N2O2S. The summed E-state index contributed by atoms with van der Waals surface area (Å²) in [6.45, 7) is 0. The highest BCUT2D eigenvalue weighted by molar-refractivity contribution is 7.89. The normalized spacial score (nSPS) is 9.87. The molecule has 15 heavy (non-hydrogen) atoms. The summed E-state index contributed by atoms with van der Waals surface area (Å²) in [5, 5.41) is 13.2. The summed E-state index contributed by atoms with van der Waals surface area (Å²) in [6.07, 6.45) is 0.150. The van der Waals surface area contributed by atoms with Gasteiger partial charge in [-0.1, -0.05) is 11.8 Å². The highest BCUT2D eigenvalue weighted by Gasteiger charge is 2.05. The van der Waals surface area contributed by atoms with Crippen molar-refractivity contribution in [2.45, 2.75) is 11.3 Å². The van der Waals surface area contributed by atoms with Crippen LogP contribution >= 0.6 is 0 Å². The molecule has 0 unspecified atom stereocenters. The summed E-state index contributed by atoms with van der Waals surface area (Å²) in [5.41, 5.74) is 0.651. The van der Waals surface area contributed by atoms with Crippen molar-refractivity contribution in [3.05, 3.63) is 29.8 Å². The summed E-state index contributed by atoms with van der Waals surface area (Å²) in [4.78, 5) is 0.0494. The molecule has 0 spiro atoms. The molecule has 76 valence electrons. The molecule has 0 radical (unpaired) electrons. The Hall–Kier alpha value is -1.82. The molecule has 5 heteroatoms. The van der Waals surface area contributed by atoms with Crippen LogP contribution < -0.4 is 5.14 Å². The van der Waals surface area contributed by atoms with Crippen molar-refractivity contribution < 1.29 is 8.42 Å². The van der Waals surface area contributed by atoms with Crippen LogP contribution in [0.1, 0.15) is 12.0 Å². The average molecular weight is 220 g/mol. The Balaban J connectivity index is 2.94. The minimum Gasteiger partial charge on any atom is -0.225 e. The average Bonchev–Trinajstić information content (AvgIpc) is 2.18. The molecule has 1 aromatic rings. The van der Waals surface area contributed by atoms with Gasteiger partial charge in [-0.05, 0) is 24.3 Å². The highest BCUT2D eigenvalue weighted by atomic mass is 32.2. The van der Waals surface area contributed by atoms with Gasteiger partial charge in [0.05, 0.1) is 17.4 Å². The van der Waals surface area contributed by atoms with E-state index in [9.17, 15) is 8.42 Å². The zero-order valence-corrected chi connectivity index (χ0v) is 8.58. The van der Waals surface area contributed by atoms with Crippen molar-refractivity contribution >= 4 is 10.0 Å². The van der Waals surface area contributed by atoms with Crippen LogP contribution in [0, 0.1) is 23.2 Å². The van der Waals surface area contributed by atoms with Crippen LogP contribution in [0.5, 0.6) is 0 Å². The number of hydrogen-bond acceptors (Lipinski definition) is 3. The van der Waals surface area contributed by atoms with E-state index in [-0.39, 0.29) is 11.3 Å². The molecule has 0 aliphatic rings. The van der Waals surface area contributed by atoms with Crippen molar-refractivity contribution in [1.82, 2.24) is 0 Å². The first kappa shape index (κ1) is 11.3. The number of hydrogen-bond donors (Lipinski definition) is 1. The summed E-state index contributed by atoms with van der Waals surface area (Å²) in [7, 11) is -3.65. The molecule has 0 fully saturated rings. The van der Waals surface area contributed by atoms with E-state index in [1.165, 1.54) is 12.1 Å². The number of nitrogens with two attached hydrogens (primary N) is 1. The lowest BCUT2D eigenvalue weighted by Gasteiger charge is -1.96. The maximum atomic E-state index is 10.9. The Bertz CT molecular complexity index is 542. The fraction of sp³-hybridized carbons (Fsp3) is 0.100. The molecule has 0 bridgehead atoms. The molecule has 1 aromatic carbocycles. The summed E-state index contributed by atoms with van der Waals surface area (Å²) >= 11 is 0. The minimum atomic E-state index is -3.65. The van der Waals surface area contributed by atoms with E-state index in [0.29, 0.717) is 5.56 Å². The maximum Gasteiger partial charge on any atom is 0.238 e. The molecule has 0 aromatic heterocycles. The monoisotopic (exact) mass is 220 g/mol. The van der Waals surface area contributed by atoms with E-state index in [1.807, 2.05) is 6.07 Å². The first-order chi connectivity index (χ1) is 7.04. The number of nitriles is 1. The Labute approximate surface area is 88.4 Å². The Morgan fingerprint density at radius 2 is 1.87 bits per heavy atom. The fourth-order valence-electron chi connectivity index (χ4n) is 0.914. The molecule has 2 N–H and O–H groups in total. The van der Waals surface area contributed by atoms with E-state index in [2.05, 4.69) is 11.8 Å². The number of nitrogens with zero attached hydrogens (tertiary/aromatic N) is 1. The number of benzene rings is 1. The molecule has 0 aliphatic carbocycles. The molecule has 0 amide bonds. The van der Waals surface area contributed by atoms with Crippen LogP contribution in [0.3, 0.4) is 0 Å². The Morgan fingerprint density at radius 3 is 2.33 bits per heavy atom. The second-order valence-electron chi connectivity index (χ2n) is 2.71. The van der Waals surface area contributed by atoms with Gasteiger partial charge in [-0.3, -0.25) is 0 Å². The molecule has 0 atom stereocenters. The van der Waals surface area contributed by atoms with Gasteiger partial charge in [0.15, 0.2) is 0 Å². The lowest BCUT2D eigenvalue weighted by atomic mass is 10.2. The van der Waals surface area contributed by atoms with Crippen molar-refractivity contribution in [2.24, 2.45) is 5.14 Å². The fourth-order valence-corrected chi connectivity index (χ4v) is 1.43. The second kappa shape index (κ2) is 4.61. The first-order valence-electron chi connectivity index (χ1n) is 4.03. The highest BCUT2D eigenvalue weighted by Crippen LogP contribution is 2.07. The van der Waals surface area contributed by atoms with E-state index < -0.39 is 10.0 Å². The lowest BCUT2D eigenvalue weighted by molar-refractivity contribution is 0.598. The third kappa shape index (κ3) is 3.43. The number of sulfonamides is 1. The minimum absolute atomic E-state index is 0.0494. The largest absolute Gasteiger partial charge is 0.238 e. The van der Waals surface area contributed by atoms with Crippen molar-refractivity contribution in [1.29, 1.82) is 5.26 Å². The molecule has 0 heterocycles. The molecule has 0 aliphatic heterocycles. The third-order valence-corrected chi connectivity index (χ3v) is 2.51. The Morgan fingerprint density at radius 1 is 1.27 bits per heavy atom. The van der Waals surface area contributed by atoms with Gasteiger partial charge in [0.25, 0.3) is 0 Å². The predicted octanol–water partition coefficient (Wildman–Crippen LogP) is 0.599. The van der Waals surface area contributed by atoms with Gasteiger partial charge in [0, 0.05) is 5.56 Å². The van der Waals surface area contributed by atoms with Crippen LogP contribution in [0.4, 0.5) is 0 Å². The van der Waals surface area contributed by atoms with E-state index in [4.69, 9.17) is 10.4 Å². The SMILES string of the molecule is N#CCC#Cc1ccc(S(N)(=O)=O)cc1. The zero-order chi connectivity index (χ0) is 11.3. The first-order valence-corrected chi connectivity index (χ1v) is 5.57. The van der Waals surface area contributed by atoms with Crippen LogP contribution in [0.25, 0.3) is 0 Å². The maximum absolute atomic E-state index is 10.9. The molecule has 1 rings (SSSR count). The quantitative estimate of drug-likeness (QED) is 0.703. The van der Waals surface area contributed by atoms with E-state index in [0.717, 1.165) is 0 Å². The number of rotatable bonds is 1. The topological polar surface area (TPSA) is 83.9 Å². The van der Waals surface area contributed by atoms with E-state index >= 15 is 0 Å². The summed E-state index contributed by atoms with van der Waals surface area (Å²) in [5.74, 6) is 5.33. The van der Waals surface area contributed by atoms with Gasteiger partial charge in [-0.2, -0.15) is 5.26 Å².